The van der Waals surface area contributed by atoms with Gasteiger partial charge >= 0.3 is 0 Å². The van der Waals surface area contributed by atoms with Gasteiger partial charge < -0.3 is 5.32 Å². The summed E-state index contributed by atoms with van der Waals surface area (Å²) in [7, 11) is 0. The van der Waals surface area contributed by atoms with E-state index in [4.69, 9.17) is 11.6 Å². The summed E-state index contributed by atoms with van der Waals surface area (Å²) >= 11 is 9.62. The molecule has 2 aromatic rings. The van der Waals surface area contributed by atoms with Gasteiger partial charge in [-0.15, -0.1) is 0 Å². The largest absolute Gasteiger partial charge is 0.378 e. The monoisotopic (exact) mass is 337 g/mol. The van der Waals surface area contributed by atoms with Crippen molar-refractivity contribution in [1.29, 1.82) is 0 Å². The fraction of sp³-hybridized carbons (Fsp3) is 0.250. The van der Waals surface area contributed by atoms with E-state index >= 15 is 0 Å². The molecule has 0 aromatic heterocycles. The van der Waals surface area contributed by atoms with Gasteiger partial charge in [0.15, 0.2) is 0 Å². The summed E-state index contributed by atoms with van der Waals surface area (Å²) in [6, 6.07) is 14.6. The van der Waals surface area contributed by atoms with Crippen LogP contribution in [-0.2, 0) is 0 Å². The molecule has 1 nitrogen and oxygen atoms in total. The van der Waals surface area contributed by atoms with E-state index in [-0.39, 0.29) is 6.04 Å². The molecule has 0 saturated heterocycles. The Morgan fingerprint density at radius 2 is 2.00 bits per heavy atom. The quantitative estimate of drug-likeness (QED) is 0.723. The molecule has 0 spiro atoms. The van der Waals surface area contributed by atoms with Gasteiger partial charge in [0.05, 0.1) is 6.04 Å². The van der Waals surface area contributed by atoms with Crippen molar-refractivity contribution in [3.63, 3.8) is 0 Å². The summed E-state index contributed by atoms with van der Waals surface area (Å²) in [5.41, 5.74) is 3.57. The topological polar surface area (TPSA) is 12.0 Å². The molecule has 19 heavy (non-hydrogen) atoms. The number of benzene rings is 2. The Morgan fingerprint density at radius 3 is 2.63 bits per heavy atom. The van der Waals surface area contributed by atoms with Gasteiger partial charge in [0.2, 0.25) is 0 Å². The number of halogens is 2. The van der Waals surface area contributed by atoms with Crippen molar-refractivity contribution >= 4 is 33.2 Å². The first kappa shape index (κ1) is 14.4. The fourth-order valence-corrected chi connectivity index (χ4v) is 2.61. The molecule has 0 aliphatic carbocycles. The average Bonchev–Trinajstić information content (AvgIpc) is 2.40. The summed E-state index contributed by atoms with van der Waals surface area (Å²) in [5, 5.41) is 4.33. The van der Waals surface area contributed by atoms with E-state index < -0.39 is 0 Å². The van der Waals surface area contributed by atoms with E-state index in [1.54, 1.807) is 0 Å². The number of anilines is 1. The number of hydrogen-bond donors (Lipinski definition) is 1. The molecule has 0 aliphatic rings. The lowest BCUT2D eigenvalue weighted by molar-refractivity contribution is 0.749. The molecule has 1 atom stereocenters. The van der Waals surface area contributed by atoms with Crippen LogP contribution < -0.4 is 5.32 Å². The van der Waals surface area contributed by atoms with Gasteiger partial charge in [0.25, 0.3) is 0 Å². The average molecular weight is 339 g/mol. The number of hydrogen-bond acceptors (Lipinski definition) is 1. The second-order valence-electron chi connectivity index (χ2n) is 4.62. The van der Waals surface area contributed by atoms with Gasteiger partial charge in [-0.2, -0.15) is 0 Å². The van der Waals surface area contributed by atoms with Crippen molar-refractivity contribution in [2.75, 3.05) is 5.32 Å². The molecule has 100 valence electrons. The van der Waals surface area contributed by atoms with Gasteiger partial charge in [0.1, 0.15) is 0 Å². The van der Waals surface area contributed by atoms with Crippen LogP contribution in [0.1, 0.15) is 30.5 Å². The summed E-state index contributed by atoms with van der Waals surface area (Å²) < 4.78 is 1.12. The Morgan fingerprint density at radius 1 is 1.21 bits per heavy atom. The zero-order chi connectivity index (χ0) is 13.8. The molecular weight excluding hydrogens is 322 g/mol. The molecule has 3 heteroatoms. The normalized spacial score (nSPS) is 12.2. The summed E-state index contributed by atoms with van der Waals surface area (Å²) in [6.07, 6.45) is 1.01. The number of aryl methyl sites for hydroxylation is 1. The fourth-order valence-electron chi connectivity index (χ4n) is 2.03. The molecular formula is C16H17BrClN. The Balaban J connectivity index is 2.21. The standard InChI is InChI=1S/C16H17BrClN/c1-3-16(12-5-4-6-13(18)9-12)19-14-8-7-11(2)15(17)10-14/h4-10,16,19H,3H2,1-2H3. The molecule has 0 bridgehead atoms. The van der Waals surface area contributed by atoms with Gasteiger partial charge in [-0.3, -0.25) is 0 Å². The third kappa shape index (κ3) is 3.74. The molecule has 2 aromatic carbocycles. The predicted molar refractivity (Wildman–Crippen MR) is 87.0 cm³/mol. The van der Waals surface area contributed by atoms with Gasteiger partial charge in [-0.25, -0.2) is 0 Å². The van der Waals surface area contributed by atoms with Crippen molar-refractivity contribution in [2.24, 2.45) is 0 Å². The van der Waals surface area contributed by atoms with E-state index in [1.807, 2.05) is 18.2 Å². The van der Waals surface area contributed by atoms with Gasteiger partial charge in [-0.05, 0) is 48.7 Å². The van der Waals surface area contributed by atoms with E-state index in [2.05, 4.69) is 59.4 Å². The van der Waals surface area contributed by atoms with Crippen LogP contribution in [0.25, 0.3) is 0 Å². The number of rotatable bonds is 4. The van der Waals surface area contributed by atoms with Crippen LogP contribution in [0, 0.1) is 6.92 Å². The minimum atomic E-state index is 0.272. The Bertz CT molecular complexity index is 568. The third-order valence-electron chi connectivity index (χ3n) is 3.17. The summed E-state index contributed by atoms with van der Waals surface area (Å²) in [5.74, 6) is 0. The van der Waals surface area contributed by atoms with Crippen LogP contribution >= 0.6 is 27.5 Å². The second-order valence-corrected chi connectivity index (χ2v) is 5.91. The highest BCUT2D eigenvalue weighted by Crippen LogP contribution is 2.27. The lowest BCUT2D eigenvalue weighted by Crippen LogP contribution is -2.09. The molecule has 0 amide bonds. The zero-order valence-electron chi connectivity index (χ0n) is 11.1. The molecule has 0 radical (unpaired) electrons. The molecule has 1 N–H and O–H groups in total. The molecule has 0 fully saturated rings. The van der Waals surface area contributed by atoms with Gasteiger partial charge in [0, 0.05) is 15.2 Å². The van der Waals surface area contributed by atoms with Crippen LogP contribution in [0.4, 0.5) is 5.69 Å². The zero-order valence-corrected chi connectivity index (χ0v) is 13.4. The SMILES string of the molecule is CCC(Nc1ccc(C)c(Br)c1)c1cccc(Cl)c1. The van der Waals surface area contributed by atoms with Crippen LogP contribution in [0.15, 0.2) is 46.9 Å². The Hall–Kier alpha value is -0.990. The lowest BCUT2D eigenvalue weighted by Gasteiger charge is -2.19. The summed E-state index contributed by atoms with van der Waals surface area (Å²) in [4.78, 5) is 0. The van der Waals surface area contributed by atoms with E-state index in [0.29, 0.717) is 0 Å². The van der Waals surface area contributed by atoms with Crippen molar-refractivity contribution in [1.82, 2.24) is 0 Å². The maximum Gasteiger partial charge on any atom is 0.0511 e. The van der Waals surface area contributed by atoms with Crippen molar-refractivity contribution < 1.29 is 0 Å². The smallest absolute Gasteiger partial charge is 0.0511 e. The Labute approximate surface area is 128 Å². The lowest BCUT2D eigenvalue weighted by atomic mass is 10.0. The molecule has 0 saturated carbocycles. The number of nitrogens with one attached hydrogen (secondary N) is 1. The molecule has 1 unspecified atom stereocenters. The van der Waals surface area contributed by atoms with Gasteiger partial charge in [-0.1, -0.05) is 52.7 Å². The molecule has 2 rings (SSSR count). The Kier molecular flexibility index (Phi) is 4.89. The van der Waals surface area contributed by atoms with Crippen LogP contribution in [-0.4, -0.2) is 0 Å². The maximum atomic E-state index is 6.06. The first-order valence-corrected chi connectivity index (χ1v) is 7.55. The first-order valence-electron chi connectivity index (χ1n) is 6.38. The second kappa shape index (κ2) is 6.44. The van der Waals surface area contributed by atoms with Crippen molar-refractivity contribution in [2.45, 2.75) is 26.3 Å². The van der Waals surface area contributed by atoms with Crippen molar-refractivity contribution in [3.05, 3.63) is 63.1 Å². The van der Waals surface area contributed by atoms with E-state index in [1.165, 1.54) is 11.1 Å². The van der Waals surface area contributed by atoms with E-state index in [9.17, 15) is 0 Å². The highest BCUT2D eigenvalue weighted by molar-refractivity contribution is 9.10. The third-order valence-corrected chi connectivity index (χ3v) is 4.26. The van der Waals surface area contributed by atoms with Crippen LogP contribution in [0.5, 0.6) is 0 Å². The summed E-state index contributed by atoms with van der Waals surface area (Å²) in [6.45, 7) is 4.25. The van der Waals surface area contributed by atoms with E-state index in [0.717, 1.165) is 21.6 Å². The minimum Gasteiger partial charge on any atom is -0.378 e. The first-order chi connectivity index (χ1) is 9.10. The minimum absolute atomic E-state index is 0.272. The van der Waals surface area contributed by atoms with Crippen LogP contribution in [0.3, 0.4) is 0 Å². The molecule has 0 heterocycles. The highest BCUT2D eigenvalue weighted by Gasteiger charge is 2.10. The van der Waals surface area contributed by atoms with Crippen LogP contribution in [0.2, 0.25) is 5.02 Å². The maximum absolute atomic E-state index is 6.06. The van der Waals surface area contributed by atoms with Crippen molar-refractivity contribution in [3.8, 4) is 0 Å². The predicted octanol–water partition coefficient (Wildman–Crippen LogP) is 5.97. The highest BCUT2D eigenvalue weighted by atomic mass is 79.9. The molecule has 0 aliphatic heterocycles.